The third kappa shape index (κ3) is 3.33. The Labute approximate surface area is 123 Å². The van der Waals surface area contributed by atoms with E-state index in [4.69, 9.17) is 11.6 Å². The Bertz CT molecular complexity index is 645. The lowest BCUT2D eigenvalue weighted by molar-refractivity contribution is 0.102. The van der Waals surface area contributed by atoms with E-state index in [-0.39, 0.29) is 11.7 Å². The Balaban J connectivity index is 2.23. The third-order valence-corrected chi connectivity index (χ3v) is 3.45. The van der Waals surface area contributed by atoms with Crippen LogP contribution in [0.4, 0.5) is 10.1 Å². The molecule has 1 N–H and O–H groups in total. The fourth-order valence-corrected chi connectivity index (χ4v) is 2.26. The van der Waals surface area contributed by atoms with Gasteiger partial charge in [-0.15, -0.1) is 0 Å². The maximum absolute atomic E-state index is 13.1. The van der Waals surface area contributed by atoms with Crippen LogP contribution in [0.2, 0.25) is 5.02 Å². The first-order chi connectivity index (χ1) is 8.97. The van der Waals surface area contributed by atoms with E-state index in [1.165, 1.54) is 18.2 Å². The second-order valence-corrected chi connectivity index (χ2v) is 5.33. The molecule has 0 saturated heterocycles. The van der Waals surface area contributed by atoms with Crippen molar-refractivity contribution in [2.45, 2.75) is 6.92 Å². The average Bonchev–Trinajstić information content (AvgIpc) is 2.33. The Morgan fingerprint density at radius 3 is 2.63 bits per heavy atom. The zero-order valence-electron chi connectivity index (χ0n) is 10.0. The smallest absolute Gasteiger partial charge is 0.255 e. The molecule has 0 radical (unpaired) electrons. The van der Waals surface area contributed by atoms with E-state index in [1.54, 1.807) is 25.1 Å². The van der Waals surface area contributed by atoms with E-state index in [1.807, 2.05) is 0 Å². The van der Waals surface area contributed by atoms with E-state index in [0.717, 1.165) is 5.56 Å². The highest BCUT2D eigenvalue weighted by Crippen LogP contribution is 2.21. The van der Waals surface area contributed by atoms with Gasteiger partial charge < -0.3 is 5.32 Å². The molecule has 0 aliphatic heterocycles. The van der Waals surface area contributed by atoms with E-state index >= 15 is 0 Å². The molecule has 2 nitrogen and oxygen atoms in total. The molecule has 2 aromatic rings. The van der Waals surface area contributed by atoms with Crippen LogP contribution in [0.25, 0.3) is 0 Å². The molecule has 0 bridgehead atoms. The Morgan fingerprint density at radius 1 is 1.26 bits per heavy atom. The fourth-order valence-electron chi connectivity index (χ4n) is 1.65. The van der Waals surface area contributed by atoms with Crippen LogP contribution in [-0.2, 0) is 0 Å². The molecule has 0 aliphatic carbocycles. The highest BCUT2D eigenvalue weighted by atomic mass is 79.9. The van der Waals surface area contributed by atoms with E-state index < -0.39 is 0 Å². The molecule has 5 heteroatoms. The first kappa shape index (κ1) is 14.0. The first-order valence-corrected chi connectivity index (χ1v) is 6.67. The summed E-state index contributed by atoms with van der Waals surface area (Å²) in [7, 11) is 0. The van der Waals surface area contributed by atoms with E-state index in [9.17, 15) is 9.18 Å². The number of carbonyl (C=O) groups excluding carboxylic acids is 1. The summed E-state index contributed by atoms with van der Waals surface area (Å²) in [5.41, 5.74) is 1.84. The molecule has 0 aromatic heterocycles. The first-order valence-electron chi connectivity index (χ1n) is 5.50. The molecule has 2 aromatic carbocycles. The SMILES string of the molecule is Cc1cc(Cl)ccc1C(=O)Nc1ccc(F)c(Br)c1. The lowest BCUT2D eigenvalue weighted by atomic mass is 10.1. The molecular formula is C14H10BrClFNO. The highest BCUT2D eigenvalue weighted by molar-refractivity contribution is 9.10. The predicted octanol–water partition coefficient (Wildman–Crippen LogP) is 4.80. The van der Waals surface area contributed by atoms with Gasteiger partial charge in [0.1, 0.15) is 5.82 Å². The molecule has 0 unspecified atom stereocenters. The van der Waals surface area contributed by atoms with Crippen molar-refractivity contribution in [2.24, 2.45) is 0 Å². The van der Waals surface area contributed by atoms with Crippen molar-refractivity contribution in [1.29, 1.82) is 0 Å². The van der Waals surface area contributed by atoms with Crippen LogP contribution in [0.5, 0.6) is 0 Å². The van der Waals surface area contributed by atoms with Gasteiger partial charge in [-0.05, 0) is 64.8 Å². The zero-order valence-corrected chi connectivity index (χ0v) is 12.3. The largest absolute Gasteiger partial charge is 0.322 e. The predicted molar refractivity (Wildman–Crippen MR) is 78.2 cm³/mol. The highest BCUT2D eigenvalue weighted by Gasteiger charge is 2.10. The summed E-state index contributed by atoms with van der Waals surface area (Å²) in [6.45, 7) is 1.81. The summed E-state index contributed by atoms with van der Waals surface area (Å²) in [6, 6.07) is 9.34. The van der Waals surface area contributed by atoms with Crippen LogP contribution in [0.1, 0.15) is 15.9 Å². The lowest BCUT2D eigenvalue weighted by Crippen LogP contribution is -2.13. The van der Waals surface area contributed by atoms with Gasteiger partial charge in [-0.3, -0.25) is 4.79 Å². The van der Waals surface area contributed by atoms with E-state index in [2.05, 4.69) is 21.2 Å². The molecule has 98 valence electrons. The summed E-state index contributed by atoms with van der Waals surface area (Å²) in [5, 5.41) is 3.29. The van der Waals surface area contributed by atoms with Crippen molar-refractivity contribution in [3.05, 3.63) is 62.8 Å². The summed E-state index contributed by atoms with van der Waals surface area (Å²) < 4.78 is 13.4. The van der Waals surface area contributed by atoms with Gasteiger partial charge in [0.15, 0.2) is 0 Å². The molecule has 0 fully saturated rings. The maximum atomic E-state index is 13.1. The fraction of sp³-hybridized carbons (Fsp3) is 0.0714. The van der Waals surface area contributed by atoms with Gasteiger partial charge in [0.25, 0.3) is 5.91 Å². The summed E-state index contributed by atoms with van der Waals surface area (Å²) in [6.07, 6.45) is 0. The van der Waals surface area contributed by atoms with Gasteiger partial charge in [-0.2, -0.15) is 0 Å². The number of rotatable bonds is 2. The van der Waals surface area contributed by atoms with Crippen LogP contribution in [0.3, 0.4) is 0 Å². The van der Waals surface area contributed by atoms with Crippen molar-refractivity contribution in [3.8, 4) is 0 Å². The summed E-state index contributed by atoms with van der Waals surface area (Å²) in [5.74, 6) is -0.631. The number of anilines is 1. The Hall–Kier alpha value is -1.39. The van der Waals surface area contributed by atoms with E-state index in [0.29, 0.717) is 20.7 Å². The van der Waals surface area contributed by atoms with Crippen LogP contribution < -0.4 is 5.32 Å². The van der Waals surface area contributed by atoms with Gasteiger partial charge in [0.05, 0.1) is 4.47 Å². The molecular weight excluding hydrogens is 333 g/mol. The number of carbonyl (C=O) groups is 1. The second-order valence-electron chi connectivity index (χ2n) is 4.04. The number of amides is 1. The lowest BCUT2D eigenvalue weighted by Gasteiger charge is -2.08. The van der Waals surface area contributed by atoms with Gasteiger partial charge in [0, 0.05) is 16.3 Å². The standard InChI is InChI=1S/C14H10BrClFNO/c1-8-6-9(16)2-4-11(8)14(19)18-10-3-5-13(17)12(15)7-10/h2-7H,1H3,(H,18,19). The summed E-state index contributed by atoms with van der Waals surface area (Å²) in [4.78, 5) is 12.1. The van der Waals surface area contributed by atoms with Gasteiger partial charge in [0.2, 0.25) is 0 Å². The number of aryl methyl sites for hydroxylation is 1. The second kappa shape index (κ2) is 5.72. The van der Waals surface area contributed by atoms with Crippen molar-refractivity contribution >= 4 is 39.1 Å². The van der Waals surface area contributed by atoms with Crippen molar-refractivity contribution in [2.75, 3.05) is 5.32 Å². The normalized spacial score (nSPS) is 10.3. The van der Waals surface area contributed by atoms with Crippen molar-refractivity contribution < 1.29 is 9.18 Å². The molecule has 0 saturated carbocycles. The van der Waals surface area contributed by atoms with Gasteiger partial charge >= 0.3 is 0 Å². The van der Waals surface area contributed by atoms with Crippen LogP contribution >= 0.6 is 27.5 Å². The number of halogens is 3. The minimum absolute atomic E-state index is 0.257. The molecule has 2 rings (SSSR count). The monoisotopic (exact) mass is 341 g/mol. The average molecular weight is 343 g/mol. The topological polar surface area (TPSA) is 29.1 Å². The van der Waals surface area contributed by atoms with Gasteiger partial charge in [-0.25, -0.2) is 4.39 Å². The van der Waals surface area contributed by atoms with Crippen LogP contribution in [-0.4, -0.2) is 5.91 Å². The number of benzene rings is 2. The number of hydrogen-bond donors (Lipinski definition) is 1. The van der Waals surface area contributed by atoms with Gasteiger partial charge in [-0.1, -0.05) is 11.6 Å². The molecule has 1 amide bonds. The molecule has 0 atom stereocenters. The number of hydrogen-bond acceptors (Lipinski definition) is 1. The molecule has 0 aliphatic rings. The number of nitrogens with one attached hydrogen (secondary N) is 1. The van der Waals surface area contributed by atoms with Crippen molar-refractivity contribution in [1.82, 2.24) is 0 Å². The summed E-state index contributed by atoms with van der Waals surface area (Å²) >= 11 is 8.91. The third-order valence-electron chi connectivity index (χ3n) is 2.61. The quantitative estimate of drug-likeness (QED) is 0.834. The minimum atomic E-state index is -0.374. The molecule has 0 spiro atoms. The minimum Gasteiger partial charge on any atom is -0.322 e. The Morgan fingerprint density at radius 2 is 2.00 bits per heavy atom. The maximum Gasteiger partial charge on any atom is 0.255 e. The van der Waals surface area contributed by atoms with Crippen LogP contribution in [0, 0.1) is 12.7 Å². The molecule has 0 heterocycles. The van der Waals surface area contributed by atoms with Crippen molar-refractivity contribution in [3.63, 3.8) is 0 Å². The molecule has 19 heavy (non-hydrogen) atoms. The van der Waals surface area contributed by atoms with Crippen LogP contribution in [0.15, 0.2) is 40.9 Å². The zero-order chi connectivity index (χ0) is 14.0. The Kier molecular flexibility index (Phi) is 4.22.